The molecule has 0 radical (unpaired) electrons. The molecule has 1 aromatic heterocycles. The van der Waals surface area contributed by atoms with Crippen LogP contribution in [0.5, 0.6) is 0 Å². The average Bonchev–Trinajstić information content (AvgIpc) is 2.82. The van der Waals surface area contributed by atoms with Gasteiger partial charge in [-0.2, -0.15) is 0 Å². The van der Waals surface area contributed by atoms with Crippen molar-refractivity contribution in [3.05, 3.63) is 51.8 Å². The molecule has 1 aromatic rings. The number of aromatic nitrogens is 1. The summed E-state index contributed by atoms with van der Waals surface area (Å²) < 4.78 is 0. The summed E-state index contributed by atoms with van der Waals surface area (Å²) in [6.45, 7) is 6.43. The van der Waals surface area contributed by atoms with Crippen LogP contribution in [0, 0.1) is 0 Å². The van der Waals surface area contributed by atoms with Crippen LogP contribution in [0.2, 0.25) is 0 Å². The van der Waals surface area contributed by atoms with Gasteiger partial charge in [-0.3, -0.25) is 14.6 Å². The van der Waals surface area contributed by atoms with E-state index in [0.717, 1.165) is 35.0 Å². The number of ketones is 2. The highest BCUT2D eigenvalue weighted by molar-refractivity contribution is 8.07. The van der Waals surface area contributed by atoms with Gasteiger partial charge in [0, 0.05) is 24.5 Å². The van der Waals surface area contributed by atoms with Crippen LogP contribution in [0.1, 0.15) is 44.1 Å². The molecule has 0 aromatic carbocycles. The highest BCUT2D eigenvalue weighted by Gasteiger charge is 2.28. The van der Waals surface area contributed by atoms with Crippen molar-refractivity contribution in [3.63, 3.8) is 0 Å². The largest absolute Gasteiger partial charge is 0.339 e. The first-order valence-electron chi connectivity index (χ1n) is 7.38. The van der Waals surface area contributed by atoms with Crippen LogP contribution in [-0.2, 0) is 4.79 Å². The third-order valence-electron chi connectivity index (χ3n) is 3.43. The van der Waals surface area contributed by atoms with Crippen molar-refractivity contribution in [2.45, 2.75) is 33.6 Å². The summed E-state index contributed by atoms with van der Waals surface area (Å²) >= 11 is 1.38. The van der Waals surface area contributed by atoms with Crippen molar-refractivity contribution in [1.29, 1.82) is 0 Å². The summed E-state index contributed by atoms with van der Waals surface area (Å²) in [5.41, 5.74) is 1.35. The summed E-state index contributed by atoms with van der Waals surface area (Å²) in [7, 11) is 0. The van der Waals surface area contributed by atoms with Crippen molar-refractivity contribution in [2.24, 2.45) is 0 Å². The Kier molecular flexibility index (Phi) is 5.55. The Labute approximate surface area is 135 Å². The molecule has 1 aliphatic rings. The lowest BCUT2D eigenvalue weighted by Crippen LogP contribution is -2.18. The zero-order valence-corrected chi connectivity index (χ0v) is 13.9. The summed E-state index contributed by atoms with van der Waals surface area (Å²) in [5.74, 6) is -0.0973. The zero-order valence-electron chi connectivity index (χ0n) is 13.1. The first kappa shape index (κ1) is 16.5. The Morgan fingerprint density at radius 1 is 1.36 bits per heavy atom. The molecule has 0 spiro atoms. The van der Waals surface area contributed by atoms with E-state index in [2.05, 4.69) is 16.8 Å². The lowest BCUT2D eigenvalue weighted by molar-refractivity contribution is -0.113. The van der Waals surface area contributed by atoms with Crippen LogP contribution in [-0.4, -0.2) is 28.0 Å². The Balaban J connectivity index is 2.27. The average molecular weight is 316 g/mol. The number of carbonyl (C=O) groups excluding carboxylic acids is 2. The van der Waals surface area contributed by atoms with Crippen molar-refractivity contribution in [1.82, 2.24) is 9.88 Å². The molecule has 22 heavy (non-hydrogen) atoms. The molecule has 0 aliphatic carbocycles. The van der Waals surface area contributed by atoms with Crippen molar-refractivity contribution in [2.75, 3.05) is 6.54 Å². The van der Waals surface area contributed by atoms with Crippen LogP contribution < -0.4 is 0 Å². The number of allylic oxidation sites excluding steroid dienone is 3. The molecule has 0 saturated heterocycles. The monoisotopic (exact) mass is 316 g/mol. The number of thioether (sulfide) groups is 1. The highest BCUT2D eigenvalue weighted by Crippen LogP contribution is 2.41. The molecule has 0 unspecified atom stereocenters. The lowest BCUT2D eigenvalue weighted by atomic mass is 10.2. The summed E-state index contributed by atoms with van der Waals surface area (Å²) in [6.07, 6.45) is 5.26. The number of pyridine rings is 1. The Morgan fingerprint density at radius 3 is 2.73 bits per heavy atom. The van der Waals surface area contributed by atoms with Gasteiger partial charge in [0.1, 0.15) is 5.69 Å². The molecule has 2 heterocycles. The first-order valence-corrected chi connectivity index (χ1v) is 8.20. The third-order valence-corrected chi connectivity index (χ3v) is 4.77. The molecule has 0 N–H and O–H groups in total. The second-order valence-electron chi connectivity index (χ2n) is 5.14. The second kappa shape index (κ2) is 7.40. The fourth-order valence-corrected chi connectivity index (χ4v) is 3.36. The summed E-state index contributed by atoms with van der Waals surface area (Å²) in [5, 5.41) is 0.812. The van der Waals surface area contributed by atoms with Crippen molar-refractivity contribution >= 4 is 23.3 Å². The first-order chi connectivity index (χ1) is 10.5. The van der Waals surface area contributed by atoms with Crippen molar-refractivity contribution < 1.29 is 9.59 Å². The molecule has 0 saturated carbocycles. The minimum Gasteiger partial charge on any atom is -0.339 e. The maximum atomic E-state index is 12.3. The van der Waals surface area contributed by atoms with Gasteiger partial charge < -0.3 is 4.90 Å². The molecule has 0 atom stereocenters. The number of hydrogen-bond donors (Lipinski definition) is 0. The van der Waals surface area contributed by atoms with E-state index >= 15 is 0 Å². The second-order valence-corrected chi connectivity index (χ2v) is 6.17. The van der Waals surface area contributed by atoms with Crippen LogP contribution in [0.3, 0.4) is 0 Å². The molecule has 4 nitrogen and oxygen atoms in total. The van der Waals surface area contributed by atoms with Gasteiger partial charge >= 0.3 is 0 Å². The Bertz CT molecular complexity index is 635. The lowest BCUT2D eigenvalue weighted by Gasteiger charge is -2.20. The van der Waals surface area contributed by atoms with Crippen LogP contribution >= 0.6 is 11.8 Å². The standard InChI is InChI=1S/C17H20N2O2S/c1-4-5-10-19-12(2)17(13(3)20)22-16(19)11-15(21)14-8-6-7-9-18-14/h6-9,11H,4-5,10H2,1-3H3/b16-11-. The Hall–Kier alpha value is -1.88. The van der Waals surface area contributed by atoms with Gasteiger partial charge in [0.2, 0.25) is 5.78 Å². The molecule has 5 heteroatoms. The maximum Gasteiger partial charge on any atom is 0.206 e. The van der Waals surface area contributed by atoms with Gasteiger partial charge in [0.05, 0.1) is 9.93 Å². The molecule has 1 aliphatic heterocycles. The third kappa shape index (κ3) is 3.65. The van der Waals surface area contributed by atoms with Crippen LogP contribution in [0.25, 0.3) is 0 Å². The fraction of sp³-hybridized carbons (Fsp3) is 0.353. The molecule has 2 rings (SSSR count). The number of Topliss-reactive ketones (excluding diaryl/α,β-unsaturated/α-hetero) is 1. The summed E-state index contributed by atoms with van der Waals surface area (Å²) in [6, 6.07) is 5.27. The SMILES string of the molecule is CCCCN1C(C)=C(C(C)=O)S/C1=C\C(=O)c1ccccn1. The van der Waals surface area contributed by atoms with Gasteiger partial charge in [-0.1, -0.05) is 31.2 Å². The molecule has 0 bridgehead atoms. The number of carbonyl (C=O) groups is 2. The number of rotatable bonds is 6. The predicted octanol–water partition coefficient (Wildman–Crippen LogP) is 3.78. The van der Waals surface area contributed by atoms with Crippen molar-refractivity contribution in [3.8, 4) is 0 Å². The molecular formula is C17H20N2O2S. The topological polar surface area (TPSA) is 50.3 Å². The van der Waals surface area contributed by atoms with E-state index in [9.17, 15) is 9.59 Å². The van der Waals surface area contributed by atoms with E-state index in [4.69, 9.17) is 0 Å². The van der Waals surface area contributed by atoms with E-state index in [0.29, 0.717) is 5.69 Å². The molecular weight excluding hydrogens is 296 g/mol. The molecule has 0 fully saturated rings. The van der Waals surface area contributed by atoms with E-state index in [1.165, 1.54) is 11.8 Å². The van der Waals surface area contributed by atoms with E-state index in [1.807, 2.05) is 6.92 Å². The van der Waals surface area contributed by atoms with Gasteiger partial charge in [-0.05, 0) is 32.4 Å². The van der Waals surface area contributed by atoms with E-state index in [1.54, 1.807) is 37.4 Å². The number of nitrogens with zero attached hydrogens (tertiary/aromatic N) is 2. The maximum absolute atomic E-state index is 12.3. The fourth-order valence-electron chi connectivity index (χ4n) is 2.24. The van der Waals surface area contributed by atoms with Gasteiger partial charge in [0.25, 0.3) is 0 Å². The zero-order chi connectivity index (χ0) is 16.1. The van der Waals surface area contributed by atoms with Crippen LogP contribution in [0.15, 0.2) is 46.1 Å². The smallest absolute Gasteiger partial charge is 0.206 e. The predicted molar refractivity (Wildman–Crippen MR) is 89.2 cm³/mol. The van der Waals surface area contributed by atoms with Gasteiger partial charge in [-0.15, -0.1) is 0 Å². The summed E-state index contributed by atoms with van der Waals surface area (Å²) in [4.78, 5) is 30.9. The van der Waals surface area contributed by atoms with Gasteiger partial charge in [0.15, 0.2) is 5.78 Å². The highest BCUT2D eigenvalue weighted by atomic mass is 32.2. The quantitative estimate of drug-likeness (QED) is 0.590. The van der Waals surface area contributed by atoms with Crippen LogP contribution in [0.4, 0.5) is 0 Å². The molecule has 0 amide bonds. The van der Waals surface area contributed by atoms with E-state index < -0.39 is 0 Å². The van der Waals surface area contributed by atoms with Gasteiger partial charge in [-0.25, -0.2) is 0 Å². The number of unbranched alkanes of at least 4 members (excludes halogenated alkanes) is 1. The minimum absolute atomic E-state index is 0.0395. The number of hydrogen-bond acceptors (Lipinski definition) is 5. The Morgan fingerprint density at radius 2 is 2.14 bits per heavy atom. The normalized spacial score (nSPS) is 16.5. The molecule has 116 valence electrons. The minimum atomic E-state index is -0.137. The van der Waals surface area contributed by atoms with E-state index in [-0.39, 0.29) is 11.6 Å².